The monoisotopic (exact) mass is 229 g/mol. The van der Waals surface area contributed by atoms with Gasteiger partial charge in [0.1, 0.15) is 0 Å². The van der Waals surface area contributed by atoms with Crippen LogP contribution in [0.5, 0.6) is 0 Å². The lowest BCUT2D eigenvalue weighted by molar-refractivity contribution is 0.138. The van der Waals surface area contributed by atoms with Crippen molar-refractivity contribution in [3.8, 4) is 0 Å². The van der Waals surface area contributed by atoms with Gasteiger partial charge >= 0.3 is 0 Å². The summed E-state index contributed by atoms with van der Waals surface area (Å²) < 4.78 is 0. The highest BCUT2D eigenvalue weighted by molar-refractivity contribution is 7.99. The van der Waals surface area contributed by atoms with E-state index in [4.69, 9.17) is 0 Å². The molecule has 0 amide bonds. The first kappa shape index (κ1) is 11.7. The van der Waals surface area contributed by atoms with E-state index < -0.39 is 0 Å². The molecule has 2 rings (SSSR count). The minimum atomic E-state index is -0.0803. The van der Waals surface area contributed by atoms with Crippen molar-refractivity contribution < 1.29 is 5.11 Å². The first-order valence-corrected chi connectivity index (χ1v) is 7.55. The van der Waals surface area contributed by atoms with Gasteiger partial charge in [-0.05, 0) is 51.2 Å². The molecule has 2 fully saturated rings. The minimum Gasteiger partial charge on any atom is -0.392 e. The molecule has 0 aromatic heterocycles. The van der Waals surface area contributed by atoms with Crippen LogP contribution in [0.1, 0.15) is 44.9 Å². The van der Waals surface area contributed by atoms with Gasteiger partial charge in [-0.15, -0.1) is 0 Å². The second kappa shape index (κ2) is 5.55. The Bertz CT molecular complexity index is 192. The second-order valence-electron chi connectivity index (χ2n) is 4.98. The van der Waals surface area contributed by atoms with Crippen LogP contribution in [0.2, 0.25) is 0 Å². The molecule has 0 heterocycles. The van der Waals surface area contributed by atoms with Crippen molar-refractivity contribution >= 4 is 11.8 Å². The number of hydrogen-bond donors (Lipinski definition) is 2. The van der Waals surface area contributed by atoms with Gasteiger partial charge in [0.25, 0.3) is 0 Å². The lowest BCUT2D eigenvalue weighted by atomic mass is 9.94. The maximum Gasteiger partial charge on any atom is 0.0693 e. The standard InChI is InChI=1S/C12H23NOS/c1-15-10-7-5-9(6-8-10)13-11-3-2-4-12(11)14/h9-14H,2-8H2,1H3/t9?,10?,11-,12-/m0/s1. The van der Waals surface area contributed by atoms with Crippen molar-refractivity contribution in [3.05, 3.63) is 0 Å². The Balaban J connectivity index is 1.72. The molecule has 0 saturated heterocycles. The van der Waals surface area contributed by atoms with Gasteiger partial charge in [-0.25, -0.2) is 0 Å². The van der Waals surface area contributed by atoms with Crippen LogP contribution >= 0.6 is 11.8 Å². The highest BCUT2D eigenvalue weighted by Crippen LogP contribution is 2.28. The molecule has 2 saturated carbocycles. The molecular weight excluding hydrogens is 206 g/mol. The Labute approximate surface area is 97.2 Å². The molecule has 2 aliphatic rings. The predicted molar refractivity (Wildman–Crippen MR) is 66.3 cm³/mol. The van der Waals surface area contributed by atoms with Crippen molar-refractivity contribution in [1.82, 2.24) is 5.32 Å². The highest BCUT2D eigenvalue weighted by Gasteiger charge is 2.29. The molecule has 0 aromatic carbocycles. The zero-order valence-electron chi connectivity index (χ0n) is 9.61. The summed E-state index contributed by atoms with van der Waals surface area (Å²) in [6.07, 6.45) is 10.8. The first-order chi connectivity index (χ1) is 7.29. The van der Waals surface area contributed by atoms with E-state index in [0.29, 0.717) is 12.1 Å². The molecule has 2 N–H and O–H groups in total. The fraction of sp³-hybridized carbons (Fsp3) is 1.00. The van der Waals surface area contributed by atoms with Crippen LogP contribution < -0.4 is 5.32 Å². The maximum absolute atomic E-state index is 9.75. The Morgan fingerprint density at radius 2 is 1.80 bits per heavy atom. The summed E-state index contributed by atoms with van der Waals surface area (Å²) >= 11 is 2.01. The lowest BCUT2D eigenvalue weighted by Crippen LogP contribution is -2.44. The van der Waals surface area contributed by atoms with Gasteiger partial charge in [0.05, 0.1) is 6.10 Å². The van der Waals surface area contributed by atoms with Crippen LogP contribution in [0.3, 0.4) is 0 Å². The van der Waals surface area contributed by atoms with Gasteiger partial charge in [-0.2, -0.15) is 11.8 Å². The third-order valence-corrected chi connectivity index (χ3v) is 5.07. The highest BCUT2D eigenvalue weighted by atomic mass is 32.2. The number of nitrogens with one attached hydrogen (secondary N) is 1. The van der Waals surface area contributed by atoms with Crippen molar-refractivity contribution in [2.45, 2.75) is 68.4 Å². The summed E-state index contributed by atoms with van der Waals surface area (Å²) in [6, 6.07) is 1.06. The third kappa shape index (κ3) is 3.11. The lowest BCUT2D eigenvalue weighted by Gasteiger charge is -2.31. The van der Waals surface area contributed by atoms with Crippen LogP contribution in [0.25, 0.3) is 0 Å². The Hall–Kier alpha value is 0.270. The summed E-state index contributed by atoms with van der Waals surface area (Å²) in [5.41, 5.74) is 0. The number of thioether (sulfide) groups is 1. The van der Waals surface area contributed by atoms with Gasteiger partial charge in [0.2, 0.25) is 0 Å². The van der Waals surface area contributed by atoms with Crippen LogP contribution in [0.4, 0.5) is 0 Å². The number of aliphatic hydroxyl groups excluding tert-OH is 1. The van der Waals surface area contributed by atoms with E-state index in [-0.39, 0.29) is 6.10 Å². The Kier molecular flexibility index (Phi) is 4.35. The minimum absolute atomic E-state index is 0.0803. The molecule has 2 atom stereocenters. The smallest absolute Gasteiger partial charge is 0.0693 e. The third-order valence-electron chi connectivity index (χ3n) is 3.94. The maximum atomic E-state index is 9.75. The fourth-order valence-electron chi connectivity index (χ4n) is 2.90. The molecule has 0 aliphatic heterocycles. The van der Waals surface area contributed by atoms with E-state index in [9.17, 15) is 5.11 Å². The molecular formula is C12H23NOS. The Morgan fingerprint density at radius 1 is 1.07 bits per heavy atom. The predicted octanol–water partition coefficient (Wildman–Crippen LogP) is 2.16. The molecule has 0 radical (unpaired) electrons. The molecule has 2 nitrogen and oxygen atoms in total. The molecule has 0 aromatic rings. The van der Waals surface area contributed by atoms with Crippen molar-refractivity contribution in [2.24, 2.45) is 0 Å². The van der Waals surface area contributed by atoms with Crippen molar-refractivity contribution in [2.75, 3.05) is 6.26 Å². The second-order valence-corrected chi connectivity index (χ2v) is 6.12. The molecule has 2 aliphatic carbocycles. The molecule has 0 unspecified atom stereocenters. The molecule has 0 bridgehead atoms. The van der Waals surface area contributed by atoms with Gasteiger partial charge in [0, 0.05) is 17.3 Å². The summed E-state index contributed by atoms with van der Waals surface area (Å²) in [5.74, 6) is 0. The average molecular weight is 229 g/mol. The topological polar surface area (TPSA) is 32.3 Å². The zero-order chi connectivity index (χ0) is 10.7. The van der Waals surface area contributed by atoms with Gasteiger partial charge < -0.3 is 10.4 Å². The van der Waals surface area contributed by atoms with Crippen LogP contribution in [-0.2, 0) is 0 Å². The van der Waals surface area contributed by atoms with Crippen LogP contribution in [-0.4, -0.2) is 34.8 Å². The Morgan fingerprint density at radius 3 is 2.33 bits per heavy atom. The molecule has 88 valence electrons. The van der Waals surface area contributed by atoms with Crippen LogP contribution in [0, 0.1) is 0 Å². The average Bonchev–Trinajstić information content (AvgIpc) is 2.66. The summed E-state index contributed by atoms with van der Waals surface area (Å²) in [4.78, 5) is 0. The van der Waals surface area contributed by atoms with Gasteiger partial charge in [-0.1, -0.05) is 0 Å². The van der Waals surface area contributed by atoms with E-state index in [2.05, 4.69) is 11.6 Å². The normalized spacial score (nSPS) is 42.0. The molecule has 0 spiro atoms. The number of hydrogen-bond acceptors (Lipinski definition) is 3. The van der Waals surface area contributed by atoms with Crippen molar-refractivity contribution in [1.29, 1.82) is 0 Å². The number of rotatable bonds is 3. The quantitative estimate of drug-likeness (QED) is 0.778. The van der Waals surface area contributed by atoms with E-state index in [0.717, 1.165) is 11.7 Å². The summed E-state index contributed by atoms with van der Waals surface area (Å²) in [7, 11) is 0. The van der Waals surface area contributed by atoms with Crippen molar-refractivity contribution in [3.63, 3.8) is 0 Å². The summed E-state index contributed by atoms with van der Waals surface area (Å²) in [5, 5.41) is 14.3. The number of aliphatic hydroxyl groups is 1. The zero-order valence-corrected chi connectivity index (χ0v) is 10.4. The molecule has 15 heavy (non-hydrogen) atoms. The summed E-state index contributed by atoms with van der Waals surface area (Å²) in [6.45, 7) is 0. The van der Waals surface area contributed by atoms with Crippen LogP contribution in [0.15, 0.2) is 0 Å². The SMILES string of the molecule is CSC1CCC(N[C@H]2CCC[C@@H]2O)CC1. The van der Waals surface area contributed by atoms with E-state index in [1.807, 2.05) is 11.8 Å². The largest absolute Gasteiger partial charge is 0.392 e. The van der Waals surface area contributed by atoms with E-state index >= 15 is 0 Å². The van der Waals surface area contributed by atoms with Gasteiger partial charge in [-0.3, -0.25) is 0 Å². The van der Waals surface area contributed by atoms with E-state index in [1.165, 1.54) is 38.5 Å². The molecule has 3 heteroatoms. The fourth-order valence-corrected chi connectivity index (χ4v) is 3.65. The first-order valence-electron chi connectivity index (χ1n) is 6.26. The van der Waals surface area contributed by atoms with Gasteiger partial charge in [0.15, 0.2) is 0 Å². The van der Waals surface area contributed by atoms with E-state index in [1.54, 1.807) is 0 Å².